The molecule has 0 aliphatic heterocycles. The Morgan fingerprint density at radius 3 is 2.24 bits per heavy atom. The van der Waals surface area contributed by atoms with Gasteiger partial charge in [-0.1, -0.05) is 44.4 Å². The summed E-state index contributed by atoms with van der Waals surface area (Å²) in [5.41, 5.74) is 1.54. The van der Waals surface area contributed by atoms with Crippen LogP contribution in [0.3, 0.4) is 0 Å². The van der Waals surface area contributed by atoms with Crippen LogP contribution in [0.4, 0.5) is 0 Å². The summed E-state index contributed by atoms with van der Waals surface area (Å²) in [7, 11) is 0. The van der Waals surface area contributed by atoms with E-state index in [0.29, 0.717) is 0 Å². The van der Waals surface area contributed by atoms with E-state index < -0.39 is 0 Å². The average Bonchev–Trinajstić information content (AvgIpc) is 2.28. The van der Waals surface area contributed by atoms with Gasteiger partial charge in [0, 0.05) is 0 Å². The van der Waals surface area contributed by atoms with E-state index >= 15 is 0 Å². The topological polar surface area (TPSA) is 17.1 Å². The van der Waals surface area contributed by atoms with Crippen molar-refractivity contribution in [1.82, 2.24) is 0 Å². The zero-order valence-corrected chi connectivity index (χ0v) is 12.2. The molecule has 0 saturated carbocycles. The SMILES string of the molecule is CCCCC(C=CC(C)=O)(CC)CC=C(C)C. The minimum atomic E-state index is 0.150. The number of hydrogen-bond acceptors (Lipinski definition) is 1. The molecular weight excluding hydrogens is 208 g/mol. The Hall–Kier alpha value is -0.850. The molecule has 0 heterocycles. The molecule has 0 saturated heterocycles. The summed E-state index contributed by atoms with van der Waals surface area (Å²) in [4.78, 5) is 11.1. The van der Waals surface area contributed by atoms with E-state index in [4.69, 9.17) is 0 Å². The summed E-state index contributed by atoms with van der Waals surface area (Å²) in [6, 6.07) is 0. The highest BCUT2D eigenvalue weighted by atomic mass is 16.1. The quantitative estimate of drug-likeness (QED) is 0.424. The highest BCUT2D eigenvalue weighted by Gasteiger charge is 2.23. The zero-order chi connectivity index (χ0) is 13.3. The van der Waals surface area contributed by atoms with Gasteiger partial charge in [-0.05, 0) is 51.5 Å². The summed E-state index contributed by atoms with van der Waals surface area (Å²) < 4.78 is 0. The second kappa shape index (κ2) is 8.27. The first kappa shape index (κ1) is 16.1. The molecule has 0 spiro atoms. The highest BCUT2D eigenvalue weighted by Crippen LogP contribution is 2.35. The third-order valence-corrected chi connectivity index (χ3v) is 3.32. The maximum Gasteiger partial charge on any atom is 0.152 e. The van der Waals surface area contributed by atoms with Crippen molar-refractivity contribution in [3.63, 3.8) is 0 Å². The normalized spacial score (nSPS) is 14.6. The lowest BCUT2D eigenvalue weighted by atomic mass is 9.76. The molecule has 0 rings (SSSR count). The number of unbranched alkanes of at least 4 members (excludes halogenated alkanes) is 1. The van der Waals surface area contributed by atoms with E-state index in [1.54, 1.807) is 13.0 Å². The molecule has 0 bridgehead atoms. The Morgan fingerprint density at radius 2 is 1.82 bits per heavy atom. The van der Waals surface area contributed by atoms with Crippen molar-refractivity contribution >= 4 is 5.78 Å². The number of carbonyl (C=O) groups excluding carboxylic acids is 1. The maximum absolute atomic E-state index is 11.1. The third kappa shape index (κ3) is 7.14. The van der Waals surface area contributed by atoms with Crippen LogP contribution >= 0.6 is 0 Å². The predicted molar refractivity (Wildman–Crippen MR) is 76.1 cm³/mol. The van der Waals surface area contributed by atoms with E-state index in [-0.39, 0.29) is 11.2 Å². The number of hydrogen-bond donors (Lipinski definition) is 0. The van der Waals surface area contributed by atoms with E-state index in [2.05, 4.69) is 39.8 Å². The van der Waals surface area contributed by atoms with Crippen molar-refractivity contribution in [3.05, 3.63) is 23.8 Å². The van der Waals surface area contributed by atoms with Gasteiger partial charge in [0.05, 0.1) is 0 Å². The van der Waals surface area contributed by atoms with Gasteiger partial charge in [0.1, 0.15) is 0 Å². The summed E-state index contributed by atoms with van der Waals surface area (Å²) in [6.45, 7) is 10.3. The second-order valence-electron chi connectivity index (χ2n) is 5.25. The van der Waals surface area contributed by atoms with Crippen LogP contribution < -0.4 is 0 Å². The fourth-order valence-electron chi connectivity index (χ4n) is 1.92. The van der Waals surface area contributed by atoms with Crippen molar-refractivity contribution in [2.75, 3.05) is 0 Å². The molecule has 1 nitrogen and oxygen atoms in total. The van der Waals surface area contributed by atoms with Crippen LogP contribution in [0.2, 0.25) is 0 Å². The Kier molecular flexibility index (Phi) is 7.86. The van der Waals surface area contributed by atoms with E-state index in [9.17, 15) is 4.79 Å². The molecule has 0 amide bonds. The molecule has 98 valence electrons. The third-order valence-electron chi connectivity index (χ3n) is 3.32. The average molecular weight is 236 g/mol. The van der Waals surface area contributed by atoms with Gasteiger partial charge in [-0.15, -0.1) is 0 Å². The fourth-order valence-corrected chi connectivity index (χ4v) is 1.92. The minimum Gasteiger partial charge on any atom is -0.295 e. The Bertz CT molecular complexity index is 282. The number of rotatable bonds is 8. The molecule has 0 N–H and O–H groups in total. The predicted octanol–water partition coefficient (Wildman–Crippen LogP) is 5.07. The lowest BCUT2D eigenvalue weighted by molar-refractivity contribution is -0.112. The standard InChI is InChI=1S/C16H28O/c1-6-8-11-16(7-2,12-9-14(3)4)13-10-15(5)17/h9-10,13H,6-8,11-12H2,1-5H3. The molecule has 17 heavy (non-hydrogen) atoms. The van der Waals surface area contributed by atoms with Crippen LogP contribution in [0.15, 0.2) is 23.8 Å². The van der Waals surface area contributed by atoms with Crippen molar-refractivity contribution in [2.24, 2.45) is 5.41 Å². The summed E-state index contributed by atoms with van der Waals surface area (Å²) in [5.74, 6) is 0.150. The molecule has 0 aliphatic carbocycles. The van der Waals surface area contributed by atoms with Crippen LogP contribution in [-0.2, 0) is 4.79 Å². The van der Waals surface area contributed by atoms with Crippen molar-refractivity contribution in [3.8, 4) is 0 Å². The molecule has 0 aromatic carbocycles. The first-order valence-electron chi connectivity index (χ1n) is 6.79. The summed E-state index contributed by atoms with van der Waals surface area (Å²) in [5, 5.41) is 0. The lowest BCUT2D eigenvalue weighted by Gasteiger charge is -2.28. The van der Waals surface area contributed by atoms with Crippen molar-refractivity contribution < 1.29 is 4.79 Å². The highest BCUT2D eigenvalue weighted by molar-refractivity contribution is 5.87. The number of ketones is 1. The van der Waals surface area contributed by atoms with Crippen molar-refractivity contribution in [2.45, 2.75) is 66.7 Å². The molecule has 0 fully saturated rings. The van der Waals surface area contributed by atoms with Crippen molar-refractivity contribution in [1.29, 1.82) is 0 Å². The molecule has 1 atom stereocenters. The van der Waals surface area contributed by atoms with Crippen LogP contribution in [0.1, 0.15) is 66.7 Å². The largest absolute Gasteiger partial charge is 0.295 e. The molecule has 0 aliphatic rings. The van der Waals surface area contributed by atoms with Gasteiger partial charge in [-0.25, -0.2) is 0 Å². The van der Waals surface area contributed by atoms with Crippen LogP contribution in [-0.4, -0.2) is 5.78 Å². The molecule has 1 unspecified atom stereocenters. The van der Waals surface area contributed by atoms with Gasteiger partial charge in [-0.3, -0.25) is 4.79 Å². The van der Waals surface area contributed by atoms with Gasteiger partial charge >= 0.3 is 0 Å². The van der Waals surface area contributed by atoms with E-state index in [1.807, 2.05) is 0 Å². The Labute approximate surface area is 107 Å². The van der Waals surface area contributed by atoms with Crippen LogP contribution in [0, 0.1) is 5.41 Å². The maximum atomic E-state index is 11.1. The summed E-state index contributed by atoms with van der Waals surface area (Å²) >= 11 is 0. The Morgan fingerprint density at radius 1 is 1.18 bits per heavy atom. The molecule has 1 heteroatoms. The van der Waals surface area contributed by atoms with E-state index in [0.717, 1.165) is 12.8 Å². The van der Waals surface area contributed by atoms with Crippen LogP contribution in [0.5, 0.6) is 0 Å². The first-order chi connectivity index (χ1) is 7.95. The van der Waals surface area contributed by atoms with Crippen LogP contribution in [0.25, 0.3) is 0 Å². The smallest absolute Gasteiger partial charge is 0.152 e. The number of allylic oxidation sites excluding steroid dienone is 4. The van der Waals surface area contributed by atoms with Gasteiger partial charge in [0.25, 0.3) is 0 Å². The molecular formula is C16H28O. The van der Waals surface area contributed by atoms with Gasteiger partial charge in [-0.2, -0.15) is 0 Å². The first-order valence-corrected chi connectivity index (χ1v) is 6.79. The molecule has 0 aromatic heterocycles. The number of carbonyl (C=O) groups is 1. The molecule has 0 aromatic rings. The van der Waals surface area contributed by atoms with Gasteiger partial charge in [0.15, 0.2) is 5.78 Å². The molecule has 0 radical (unpaired) electrons. The monoisotopic (exact) mass is 236 g/mol. The van der Waals surface area contributed by atoms with E-state index in [1.165, 1.54) is 24.8 Å². The fraction of sp³-hybridized carbons (Fsp3) is 0.688. The van der Waals surface area contributed by atoms with Gasteiger partial charge < -0.3 is 0 Å². The minimum absolute atomic E-state index is 0.150. The Balaban J connectivity index is 4.85. The lowest BCUT2D eigenvalue weighted by Crippen LogP contribution is -2.16. The van der Waals surface area contributed by atoms with Gasteiger partial charge in [0.2, 0.25) is 0 Å². The zero-order valence-electron chi connectivity index (χ0n) is 12.2. The summed E-state index contributed by atoms with van der Waals surface area (Å²) in [6.07, 6.45) is 12.0. The second-order valence-corrected chi connectivity index (χ2v) is 5.25.